The van der Waals surface area contributed by atoms with Gasteiger partial charge in [0.25, 0.3) is 5.56 Å². The van der Waals surface area contributed by atoms with Crippen LogP contribution >= 0.6 is 11.3 Å². The van der Waals surface area contributed by atoms with E-state index in [-0.39, 0.29) is 17.6 Å². The van der Waals surface area contributed by atoms with Gasteiger partial charge in [0.05, 0.1) is 24.4 Å². The summed E-state index contributed by atoms with van der Waals surface area (Å²) in [5, 5.41) is 0.332. The molecule has 2 heterocycles. The Kier molecular flexibility index (Phi) is 6.17. The van der Waals surface area contributed by atoms with Crippen molar-refractivity contribution < 1.29 is 19.1 Å². The lowest BCUT2D eigenvalue weighted by molar-refractivity contribution is -0.151. The van der Waals surface area contributed by atoms with Crippen LogP contribution in [0.4, 0.5) is 0 Å². The lowest BCUT2D eigenvalue weighted by Crippen LogP contribution is -2.30. The number of aryl methyl sites for hydroxylation is 1. The van der Waals surface area contributed by atoms with Gasteiger partial charge in [-0.25, -0.2) is 14.6 Å². The van der Waals surface area contributed by atoms with Crippen LogP contribution in [0.2, 0.25) is 0 Å². The summed E-state index contributed by atoms with van der Waals surface area (Å²) in [7, 11) is 0. The molecule has 2 rings (SSSR count). The van der Waals surface area contributed by atoms with Crippen molar-refractivity contribution in [1.29, 1.82) is 0 Å². The van der Waals surface area contributed by atoms with Gasteiger partial charge in [-0.15, -0.1) is 11.3 Å². The van der Waals surface area contributed by atoms with Crippen LogP contribution in [0.3, 0.4) is 0 Å². The highest BCUT2D eigenvalue weighted by Gasteiger charge is 2.24. The molecule has 142 valence electrons. The van der Waals surface area contributed by atoms with E-state index in [1.165, 1.54) is 10.9 Å². The van der Waals surface area contributed by atoms with Crippen LogP contribution in [-0.4, -0.2) is 34.2 Å². The maximum atomic E-state index is 12.9. The highest BCUT2D eigenvalue weighted by Crippen LogP contribution is 2.28. The number of hydrogen-bond acceptors (Lipinski definition) is 7. The summed E-state index contributed by atoms with van der Waals surface area (Å²) in [5.41, 5.74) is 0.148. The second kappa shape index (κ2) is 7.99. The fourth-order valence-electron chi connectivity index (χ4n) is 2.36. The highest BCUT2D eigenvalue weighted by atomic mass is 32.1. The Morgan fingerprint density at radius 1 is 1.23 bits per heavy atom. The molecule has 0 aromatic carbocycles. The smallest absolute Gasteiger partial charge is 0.348 e. The zero-order chi connectivity index (χ0) is 19.6. The molecule has 0 spiro atoms. The number of nitrogens with zero attached hydrogens (tertiary/aromatic N) is 2. The van der Waals surface area contributed by atoms with Crippen LogP contribution in [-0.2, 0) is 14.3 Å². The van der Waals surface area contributed by atoms with Crippen molar-refractivity contribution >= 4 is 33.5 Å². The molecule has 1 unspecified atom stereocenters. The summed E-state index contributed by atoms with van der Waals surface area (Å²) >= 11 is 1.12. The first kappa shape index (κ1) is 20.1. The van der Waals surface area contributed by atoms with Crippen LogP contribution < -0.4 is 5.56 Å². The number of hydrogen-bond donors (Lipinski definition) is 0. The molecule has 2 aromatic rings. The van der Waals surface area contributed by atoms with E-state index in [1.807, 2.05) is 13.8 Å². The monoisotopic (exact) mass is 380 g/mol. The zero-order valence-corrected chi connectivity index (χ0v) is 16.7. The van der Waals surface area contributed by atoms with Crippen molar-refractivity contribution in [3.63, 3.8) is 0 Å². The highest BCUT2D eigenvalue weighted by molar-refractivity contribution is 7.20. The first-order chi connectivity index (χ1) is 12.1. The second-order valence-corrected chi connectivity index (χ2v) is 7.85. The van der Waals surface area contributed by atoms with E-state index in [4.69, 9.17) is 9.47 Å². The molecule has 1 atom stereocenters. The van der Waals surface area contributed by atoms with Gasteiger partial charge in [0.2, 0.25) is 0 Å². The van der Waals surface area contributed by atoms with E-state index in [2.05, 4.69) is 4.98 Å². The third-order valence-electron chi connectivity index (χ3n) is 3.72. The predicted octanol–water partition coefficient (Wildman–Crippen LogP) is 3.09. The third-order valence-corrected chi connectivity index (χ3v) is 4.90. The summed E-state index contributed by atoms with van der Waals surface area (Å²) < 4.78 is 11.7. The number of esters is 2. The molecule has 0 fully saturated rings. The van der Waals surface area contributed by atoms with Gasteiger partial charge >= 0.3 is 11.9 Å². The minimum Gasteiger partial charge on any atom is -0.461 e. The van der Waals surface area contributed by atoms with E-state index >= 15 is 0 Å². The number of carbonyl (C=O) groups excluding carboxylic acids is 2. The van der Waals surface area contributed by atoms with Gasteiger partial charge < -0.3 is 9.47 Å². The van der Waals surface area contributed by atoms with Crippen LogP contribution in [0.5, 0.6) is 0 Å². The average molecular weight is 380 g/mol. The number of carbonyl (C=O) groups is 2. The molecule has 0 saturated heterocycles. The molecule has 0 radical (unpaired) electrons. The van der Waals surface area contributed by atoms with Crippen molar-refractivity contribution in [2.24, 2.45) is 5.92 Å². The number of aromatic nitrogens is 2. The Morgan fingerprint density at radius 2 is 1.88 bits per heavy atom. The number of ether oxygens (including phenoxy) is 2. The quantitative estimate of drug-likeness (QED) is 0.716. The summed E-state index contributed by atoms with van der Waals surface area (Å²) in [6.07, 6.45) is 1.04. The Bertz CT molecular complexity index is 882. The predicted molar refractivity (Wildman–Crippen MR) is 99.7 cm³/mol. The van der Waals surface area contributed by atoms with Gasteiger partial charge in [-0.1, -0.05) is 13.8 Å². The minimum atomic E-state index is -0.808. The summed E-state index contributed by atoms with van der Waals surface area (Å²) in [4.78, 5) is 42.3. The Balaban J connectivity index is 2.42. The third kappa shape index (κ3) is 4.12. The molecule has 0 saturated carbocycles. The lowest BCUT2D eigenvalue weighted by Gasteiger charge is -2.15. The first-order valence-corrected chi connectivity index (χ1v) is 9.33. The molecule has 2 aromatic heterocycles. The van der Waals surface area contributed by atoms with Crippen molar-refractivity contribution in [2.45, 2.75) is 53.7 Å². The van der Waals surface area contributed by atoms with Crippen LogP contribution in [0, 0.1) is 12.8 Å². The molecule has 0 aliphatic carbocycles. The SMILES string of the molecule is Cc1c(C(=O)OCC(C)C)sc2ncn(C(C)C(=O)OC(C)C)c(=O)c12. The first-order valence-electron chi connectivity index (χ1n) is 8.51. The molecule has 8 heteroatoms. The Hall–Kier alpha value is -2.22. The molecule has 26 heavy (non-hydrogen) atoms. The number of fused-ring (bicyclic) bond motifs is 1. The van der Waals surface area contributed by atoms with Crippen molar-refractivity contribution in [1.82, 2.24) is 9.55 Å². The summed E-state index contributed by atoms with van der Waals surface area (Å²) in [6.45, 7) is 11.0. The standard InChI is InChI=1S/C18H24N2O5S/c1-9(2)7-24-18(23)14-11(5)13-15(26-14)19-8-20(16(13)21)12(6)17(22)25-10(3)4/h8-10,12H,7H2,1-6H3. The van der Waals surface area contributed by atoms with Gasteiger partial charge in [-0.2, -0.15) is 0 Å². The van der Waals surface area contributed by atoms with E-state index in [9.17, 15) is 14.4 Å². The molecular formula is C18H24N2O5S. The fraction of sp³-hybridized carbons (Fsp3) is 0.556. The number of rotatable bonds is 6. The maximum absolute atomic E-state index is 12.9. The van der Waals surface area contributed by atoms with Crippen LogP contribution in [0.15, 0.2) is 11.1 Å². The molecule has 0 bridgehead atoms. The Morgan fingerprint density at radius 3 is 2.46 bits per heavy atom. The zero-order valence-electron chi connectivity index (χ0n) is 15.9. The van der Waals surface area contributed by atoms with E-state index < -0.39 is 18.0 Å². The van der Waals surface area contributed by atoms with Crippen molar-refractivity contribution in [2.75, 3.05) is 6.61 Å². The lowest BCUT2D eigenvalue weighted by atomic mass is 10.2. The van der Waals surface area contributed by atoms with Gasteiger partial charge in [-0.05, 0) is 39.2 Å². The fourth-order valence-corrected chi connectivity index (χ4v) is 3.39. The number of thiophene rings is 1. The van der Waals surface area contributed by atoms with Gasteiger partial charge in [-0.3, -0.25) is 9.36 Å². The second-order valence-electron chi connectivity index (χ2n) is 6.85. The summed E-state index contributed by atoms with van der Waals surface area (Å²) in [6, 6.07) is -0.808. The normalized spacial score (nSPS) is 12.6. The van der Waals surface area contributed by atoms with E-state index in [0.29, 0.717) is 27.3 Å². The average Bonchev–Trinajstić information content (AvgIpc) is 2.89. The molecule has 0 N–H and O–H groups in total. The minimum absolute atomic E-state index is 0.219. The molecule has 7 nitrogen and oxygen atoms in total. The van der Waals surface area contributed by atoms with E-state index in [1.54, 1.807) is 27.7 Å². The van der Waals surface area contributed by atoms with Gasteiger partial charge in [0.1, 0.15) is 15.7 Å². The molecule has 0 aliphatic heterocycles. The molecular weight excluding hydrogens is 356 g/mol. The van der Waals surface area contributed by atoms with E-state index in [0.717, 1.165) is 11.3 Å². The van der Waals surface area contributed by atoms with Gasteiger partial charge in [0, 0.05) is 0 Å². The molecule has 0 amide bonds. The Labute approximate surface area is 155 Å². The summed E-state index contributed by atoms with van der Waals surface area (Å²) in [5.74, 6) is -0.748. The maximum Gasteiger partial charge on any atom is 0.348 e. The van der Waals surface area contributed by atoms with Crippen LogP contribution in [0.25, 0.3) is 10.2 Å². The van der Waals surface area contributed by atoms with Crippen LogP contribution in [0.1, 0.15) is 55.9 Å². The van der Waals surface area contributed by atoms with Gasteiger partial charge in [0.15, 0.2) is 0 Å². The largest absolute Gasteiger partial charge is 0.461 e. The topological polar surface area (TPSA) is 87.5 Å². The molecule has 0 aliphatic rings. The van der Waals surface area contributed by atoms with Crippen molar-refractivity contribution in [3.05, 3.63) is 27.1 Å². The van der Waals surface area contributed by atoms with Crippen molar-refractivity contribution in [3.8, 4) is 0 Å².